The number of rotatable bonds is 4. The van der Waals surface area contributed by atoms with Crippen molar-refractivity contribution in [2.75, 3.05) is 23.7 Å². The minimum absolute atomic E-state index is 0.0510. The Bertz CT molecular complexity index is 847. The molecule has 2 aliphatic heterocycles. The third-order valence-electron chi connectivity index (χ3n) is 5.20. The highest BCUT2D eigenvalue weighted by Crippen LogP contribution is 2.32. The van der Waals surface area contributed by atoms with Gasteiger partial charge in [-0.2, -0.15) is 0 Å². The predicted octanol–water partition coefficient (Wildman–Crippen LogP) is 3.39. The van der Waals surface area contributed by atoms with Crippen LogP contribution in [0.5, 0.6) is 0 Å². The Hall–Kier alpha value is -2.34. The first kappa shape index (κ1) is 18.0. The number of nitrogens with zero attached hydrogens (tertiary/aromatic N) is 3. The van der Waals surface area contributed by atoms with Crippen molar-refractivity contribution in [1.82, 2.24) is 9.88 Å². The van der Waals surface area contributed by atoms with Gasteiger partial charge in [0.25, 0.3) is 5.91 Å². The Morgan fingerprint density at radius 1 is 1.15 bits per heavy atom. The van der Waals surface area contributed by atoms with E-state index in [1.165, 1.54) is 17.3 Å². The van der Waals surface area contributed by atoms with E-state index in [1.54, 1.807) is 6.20 Å². The molecule has 6 heteroatoms. The zero-order chi connectivity index (χ0) is 18.8. The van der Waals surface area contributed by atoms with Crippen LogP contribution in [0.1, 0.15) is 35.7 Å². The molecule has 0 aliphatic carbocycles. The molecular weight excluding hydrogens is 358 g/mol. The molecule has 27 heavy (non-hydrogen) atoms. The maximum Gasteiger partial charge on any atom is 0.255 e. The van der Waals surface area contributed by atoms with E-state index in [0.717, 1.165) is 43.1 Å². The summed E-state index contributed by atoms with van der Waals surface area (Å²) in [6.07, 6.45) is 4.68. The molecule has 1 saturated heterocycles. The van der Waals surface area contributed by atoms with Crippen LogP contribution in [0.3, 0.4) is 0 Å². The summed E-state index contributed by atoms with van der Waals surface area (Å²) >= 11 is 1.42. The number of amides is 2. The second kappa shape index (κ2) is 7.72. The molecule has 1 aromatic carbocycles. The van der Waals surface area contributed by atoms with Crippen molar-refractivity contribution in [2.45, 2.75) is 37.3 Å². The van der Waals surface area contributed by atoms with Crippen LogP contribution in [-0.4, -0.2) is 46.6 Å². The van der Waals surface area contributed by atoms with Gasteiger partial charge in [0.2, 0.25) is 5.91 Å². The first-order valence-corrected chi connectivity index (χ1v) is 10.4. The number of likely N-dealkylation sites (tertiary alicyclic amines) is 1. The van der Waals surface area contributed by atoms with Crippen molar-refractivity contribution in [3.8, 4) is 0 Å². The van der Waals surface area contributed by atoms with E-state index in [9.17, 15) is 9.59 Å². The van der Waals surface area contributed by atoms with Gasteiger partial charge in [-0.3, -0.25) is 9.59 Å². The molecule has 1 aromatic heterocycles. The van der Waals surface area contributed by atoms with E-state index in [0.29, 0.717) is 11.3 Å². The van der Waals surface area contributed by atoms with Gasteiger partial charge >= 0.3 is 0 Å². The maximum atomic E-state index is 12.8. The highest BCUT2D eigenvalue weighted by atomic mass is 32.2. The van der Waals surface area contributed by atoms with Gasteiger partial charge in [0, 0.05) is 31.0 Å². The molecule has 0 bridgehead atoms. The molecule has 140 valence electrons. The number of thioether (sulfide) groups is 1. The fourth-order valence-corrected chi connectivity index (χ4v) is 4.55. The van der Waals surface area contributed by atoms with Crippen molar-refractivity contribution < 1.29 is 9.59 Å². The number of carbonyl (C=O) groups excluding carboxylic acids is 2. The quantitative estimate of drug-likeness (QED) is 0.762. The van der Waals surface area contributed by atoms with E-state index in [4.69, 9.17) is 0 Å². The van der Waals surface area contributed by atoms with Gasteiger partial charge in [-0.15, -0.1) is 0 Å². The minimum Gasteiger partial charge on any atom is -0.339 e. The second-order valence-corrected chi connectivity index (χ2v) is 8.11. The van der Waals surface area contributed by atoms with Crippen LogP contribution < -0.4 is 4.90 Å². The summed E-state index contributed by atoms with van der Waals surface area (Å²) in [5.74, 6) is 0.483. The number of para-hydroxylation sites is 1. The van der Waals surface area contributed by atoms with E-state index in [2.05, 4.69) is 18.0 Å². The van der Waals surface area contributed by atoms with Gasteiger partial charge in [-0.25, -0.2) is 4.98 Å². The summed E-state index contributed by atoms with van der Waals surface area (Å²) in [6, 6.07) is 11.9. The standard InChI is InChI=1S/C21H23N3O2S/c1-15-12-16-6-2-3-7-18(16)24(15)20(25)14-27-19-9-8-17(13-22-19)21(26)23-10-4-5-11-23/h2-3,6-9,13,15H,4-5,10-12,14H2,1H3/t15-/m1/s1. The smallest absolute Gasteiger partial charge is 0.255 e. The van der Waals surface area contributed by atoms with Crippen molar-refractivity contribution in [2.24, 2.45) is 0 Å². The zero-order valence-corrected chi connectivity index (χ0v) is 16.2. The van der Waals surface area contributed by atoms with Crippen molar-refractivity contribution in [3.63, 3.8) is 0 Å². The molecule has 2 amide bonds. The molecule has 0 saturated carbocycles. The molecular formula is C21H23N3O2S. The number of carbonyl (C=O) groups is 2. The molecule has 1 fully saturated rings. The number of hydrogen-bond donors (Lipinski definition) is 0. The van der Waals surface area contributed by atoms with E-state index in [1.807, 2.05) is 40.1 Å². The summed E-state index contributed by atoms with van der Waals surface area (Å²) in [6.45, 7) is 3.75. The van der Waals surface area contributed by atoms with Crippen LogP contribution in [0, 0.1) is 0 Å². The monoisotopic (exact) mass is 381 g/mol. The summed E-state index contributed by atoms with van der Waals surface area (Å²) in [5.41, 5.74) is 2.87. The molecule has 2 aromatic rings. The van der Waals surface area contributed by atoms with Gasteiger partial charge in [0.1, 0.15) is 0 Å². The van der Waals surface area contributed by atoms with Gasteiger partial charge in [-0.05, 0) is 49.9 Å². The fraction of sp³-hybridized carbons (Fsp3) is 0.381. The molecule has 0 unspecified atom stereocenters. The average molecular weight is 382 g/mol. The van der Waals surface area contributed by atoms with Gasteiger partial charge in [-0.1, -0.05) is 30.0 Å². The lowest BCUT2D eigenvalue weighted by Crippen LogP contribution is -2.36. The molecule has 3 heterocycles. The molecule has 2 aliphatic rings. The first-order valence-electron chi connectivity index (χ1n) is 9.41. The number of fused-ring (bicyclic) bond motifs is 1. The largest absolute Gasteiger partial charge is 0.339 e. The molecule has 0 radical (unpaired) electrons. The van der Waals surface area contributed by atoms with Gasteiger partial charge in [0.05, 0.1) is 16.3 Å². The van der Waals surface area contributed by atoms with Crippen LogP contribution in [0.15, 0.2) is 47.6 Å². The van der Waals surface area contributed by atoms with E-state index in [-0.39, 0.29) is 17.9 Å². The Morgan fingerprint density at radius 3 is 2.67 bits per heavy atom. The first-order chi connectivity index (χ1) is 13.1. The minimum atomic E-state index is 0.0510. The Labute approximate surface area is 163 Å². The summed E-state index contributed by atoms with van der Waals surface area (Å²) in [7, 11) is 0. The highest BCUT2D eigenvalue weighted by Gasteiger charge is 2.30. The third kappa shape index (κ3) is 3.72. The molecule has 5 nitrogen and oxygen atoms in total. The van der Waals surface area contributed by atoms with Gasteiger partial charge < -0.3 is 9.80 Å². The number of hydrogen-bond acceptors (Lipinski definition) is 4. The second-order valence-electron chi connectivity index (χ2n) is 7.12. The molecule has 0 N–H and O–H groups in total. The zero-order valence-electron chi connectivity index (χ0n) is 15.4. The average Bonchev–Trinajstić information content (AvgIpc) is 3.33. The third-order valence-corrected chi connectivity index (χ3v) is 6.12. The van der Waals surface area contributed by atoms with E-state index >= 15 is 0 Å². The summed E-state index contributed by atoms with van der Waals surface area (Å²) in [5, 5.41) is 0.765. The van der Waals surface area contributed by atoms with Crippen molar-refractivity contribution in [3.05, 3.63) is 53.7 Å². The number of anilines is 1. The SMILES string of the molecule is C[C@@H]1Cc2ccccc2N1C(=O)CSc1ccc(C(=O)N2CCCC2)cn1. The number of pyridine rings is 1. The lowest BCUT2D eigenvalue weighted by molar-refractivity contribution is -0.116. The normalized spacial score (nSPS) is 18.6. The van der Waals surface area contributed by atoms with Crippen molar-refractivity contribution >= 4 is 29.3 Å². The Morgan fingerprint density at radius 2 is 1.93 bits per heavy atom. The lowest BCUT2D eigenvalue weighted by atomic mass is 10.1. The predicted molar refractivity (Wildman–Crippen MR) is 107 cm³/mol. The van der Waals surface area contributed by atoms with Crippen LogP contribution in [0.25, 0.3) is 0 Å². The number of aromatic nitrogens is 1. The summed E-state index contributed by atoms with van der Waals surface area (Å²) < 4.78 is 0. The van der Waals surface area contributed by atoms with Crippen LogP contribution in [0.4, 0.5) is 5.69 Å². The molecule has 4 rings (SSSR count). The highest BCUT2D eigenvalue weighted by molar-refractivity contribution is 7.99. The van der Waals surface area contributed by atoms with Crippen LogP contribution in [-0.2, 0) is 11.2 Å². The molecule has 0 spiro atoms. The Kier molecular flexibility index (Phi) is 5.16. The van der Waals surface area contributed by atoms with E-state index < -0.39 is 0 Å². The van der Waals surface area contributed by atoms with Crippen LogP contribution >= 0.6 is 11.8 Å². The number of benzene rings is 1. The summed E-state index contributed by atoms with van der Waals surface area (Å²) in [4.78, 5) is 33.3. The molecule has 1 atom stereocenters. The van der Waals surface area contributed by atoms with Crippen LogP contribution in [0.2, 0.25) is 0 Å². The Balaban J connectivity index is 1.37. The maximum absolute atomic E-state index is 12.8. The fourth-order valence-electron chi connectivity index (χ4n) is 3.85. The van der Waals surface area contributed by atoms with Gasteiger partial charge in [0.15, 0.2) is 0 Å². The van der Waals surface area contributed by atoms with Crippen molar-refractivity contribution in [1.29, 1.82) is 0 Å². The topological polar surface area (TPSA) is 53.5 Å². The lowest BCUT2D eigenvalue weighted by Gasteiger charge is -2.22.